The van der Waals surface area contributed by atoms with E-state index in [-0.39, 0.29) is 5.41 Å². The molecule has 0 aliphatic carbocycles. The Labute approximate surface area is 104 Å². The number of aromatic nitrogens is 1. The number of carbonyl (C=O) groups is 1. The van der Waals surface area contributed by atoms with Gasteiger partial charge >= 0.3 is 0 Å². The predicted molar refractivity (Wildman–Crippen MR) is 69.7 cm³/mol. The first kappa shape index (κ1) is 13.8. The lowest BCUT2D eigenvalue weighted by Crippen LogP contribution is -2.35. The van der Waals surface area contributed by atoms with Crippen molar-refractivity contribution in [3.05, 3.63) is 30.1 Å². The first-order valence-electron chi connectivity index (χ1n) is 6.19. The number of hydrogen-bond acceptors (Lipinski definition) is 3. The lowest BCUT2D eigenvalue weighted by atomic mass is 9.83. The van der Waals surface area contributed by atoms with Crippen molar-refractivity contribution in [1.29, 1.82) is 0 Å². The fraction of sp³-hybridized carbons (Fsp3) is 0.571. The molecule has 0 aliphatic heterocycles. The third-order valence-electron chi connectivity index (χ3n) is 3.42. The van der Waals surface area contributed by atoms with Crippen LogP contribution in [0.4, 0.5) is 0 Å². The molecule has 0 fully saturated rings. The summed E-state index contributed by atoms with van der Waals surface area (Å²) in [6.45, 7) is 5.80. The highest BCUT2D eigenvalue weighted by Crippen LogP contribution is 2.24. The topological polar surface area (TPSA) is 33.2 Å². The zero-order valence-corrected chi connectivity index (χ0v) is 11.0. The van der Waals surface area contributed by atoms with Crippen LogP contribution in [-0.4, -0.2) is 29.8 Å². The van der Waals surface area contributed by atoms with Crippen molar-refractivity contribution in [2.75, 3.05) is 13.6 Å². The Bertz CT molecular complexity index is 333. The van der Waals surface area contributed by atoms with Crippen molar-refractivity contribution in [3.63, 3.8) is 0 Å². The molecule has 0 aromatic carbocycles. The molecule has 3 heteroatoms. The van der Waals surface area contributed by atoms with E-state index in [0.29, 0.717) is 0 Å². The van der Waals surface area contributed by atoms with Crippen LogP contribution in [0.2, 0.25) is 0 Å². The third kappa shape index (κ3) is 3.93. The molecule has 94 valence electrons. The van der Waals surface area contributed by atoms with Crippen LogP contribution in [0, 0.1) is 5.41 Å². The maximum absolute atomic E-state index is 11.2. The van der Waals surface area contributed by atoms with Crippen molar-refractivity contribution in [3.8, 4) is 0 Å². The first-order chi connectivity index (χ1) is 8.15. The van der Waals surface area contributed by atoms with Gasteiger partial charge in [-0.05, 0) is 31.5 Å². The highest BCUT2D eigenvalue weighted by Gasteiger charge is 2.26. The van der Waals surface area contributed by atoms with Gasteiger partial charge in [0.05, 0.1) is 0 Å². The minimum atomic E-state index is -0.197. The molecule has 0 radical (unpaired) electrons. The van der Waals surface area contributed by atoms with Crippen LogP contribution in [0.1, 0.15) is 32.3 Å². The number of rotatable bonds is 7. The quantitative estimate of drug-likeness (QED) is 0.680. The summed E-state index contributed by atoms with van der Waals surface area (Å²) in [5.74, 6) is 0. The van der Waals surface area contributed by atoms with E-state index in [9.17, 15) is 4.79 Å². The zero-order valence-electron chi connectivity index (χ0n) is 11.0. The lowest BCUT2D eigenvalue weighted by molar-refractivity contribution is -0.117. The van der Waals surface area contributed by atoms with E-state index < -0.39 is 0 Å². The fourth-order valence-electron chi connectivity index (χ4n) is 2.07. The summed E-state index contributed by atoms with van der Waals surface area (Å²) in [5.41, 5.74) is 0.985. The van der Waals surface area contributed by atoms with Gasteiger partial charge in [0.15, 0.2) is 0 Å². The van der Waals surface area contributed by atoms with Gasteiger partial charge < -0.3 is 9.69 Å². The normalized spacial score (nSPS) is 11.8. The van der Waals surface area contributed by atoms with Crippen molar-refractivity contribution in [2.24, 2.45) is 5.41 Å². The van der Waals surface area contributed by atoms with Crippen LogP contribution in [0.25, 0.3) is 0 Å². The summed E-state index contributed by atoms with van der Waals surface area (Å²) < 4.78 is 0. The second-order valence-corrected chi connectivity index (χ2v) is 4.72. The van der Waals surface area contributed by atoms with Crippen LogP contribution in [0.15, 0.2) is 24.5 Å². The molecule has 1 aromatic rings. The van der Waals surface area contributed by atoms with E-state index in [1.54, 1.807) is 6.20 Å². The van der Waals surface area contributed by atoms with Gasteiger partial charge in [-0.25, -0.2) is 0 Å². The largest absolute Gasteiger partial charge is 0.303 e. The summed E-state index contributed by atoms with van der Waals surface area (Å²) >= 11 is 0. The third-order valence-corrected chi connectivity index (χ3v) is 3.42. The molecule has 0 atom stereocenters. The molecule has 17 heavy (non-hydrogen) atoms. The zero-order chi connectivity index (χ0) is 12.7. The summed E-state index contributed by atoms with van der Waals surface area (Å²) in [6.07, 6.45) is 6.55. The van der Waals surface area contributed by atoms with Gasteiger partial charge in [-0.15, -0.1) is 0 Å². The van der Waals surface area contributed by atoms with E-state index in [2.05, 4.69) is 36.8 Å². The Kier molecular flexibility index (Phi) is 5.29. The molecule has 1 rings (SSSR count). The van der Waals surface area contributed by atoms with Crippen LogP contribution in [0.3, 0.4) is 0 Å². The molecule has 0 N–H and O–H groups in total. The molecule has 0 bridgehead atoms. The number of nitrogens with zero attached hydrogens (tertiary/aromatic N) is 2. The van der Waals surface area contributed by atoms with Gasteiger partial charge in [0, 0.05) is 30.9 Å². The highest BCUT2D eigenvalue weighted by molar-refractivity contribution is 5.59. The molecule has 1 heterocycles. The van der Waals surface area contributed by atoms with E-state index in [4.69, 9.17) is 0 Å². The molecular formula is C14H22N2O. The summed E-state index contributed by atoms with van der Waals surface area (Å²) in [7, 11) is 2.05. The van der Waals surface area contributed by atoms with Crippen molar-refractivity contribution >= 4 is 6.29 Å². The van der Waals surface area contributed by atoms with E-state index in [1.807, 2.05) is 12.3 Å². The Balaban J connectivity index is 2.59. The average Bonchev–Trinajstić information content (AvgIpc) is 2.37. The molecule has 0 saturated carbocycles. The molecule has 1 aromatic heterocycles. The van der Waals surface area contributed by atoms with Crippen LogP contribution in [-0.2, 0) is 11.3 Å². The molecular weight excluding hydrogens is 212 g/mol. The summed E-state index contributed by atoms with van der Waals surface area (Å²) in [4.78, 5) is 17.5. The molecule has 0 saturated heterocycles. The van der Waals surface area contributed by atoms with Crippen LogP contribution < -0.4 is 0 Å². The Morgan fingerprint density at radius 1 is 1.41 bits per heavy atom. The average molecular weight is 234 g/mol. The van der Waals surface area contributed by atoms with E-state index >= 15 is 0 Å². The van der Waals surface area contributed by atoms with Gasteiger partial charge in [-0.3, -0.25) is 4.98 Å². The van der Waals surface area contributed by atoms with E-state index in [1.165, 1.54) is 5.56 Å². The minimum Gasteiger partial charge on any atom is -0.303 e. The van der Waals surface area contributed by atoms with Gasteiger partial charge in [-0.2, -0.15) is 0 Å². The number of carbonyl (C=O) groups excluding carboxylic acids is 1. The minimum absolute atomic E-state index is 0.197. The summed E-state index contributed by atoms with van der Waals surface area (Å²) in [6, 6.07) is 4.00. The Morgan fingerprint density at radius 2 is 2.12 bits per heavy atom. The second kappa shape index (κ2) is 6.50. The van der Waals surface area contributed by atoms with Crippen LogP contribution in [0.5, 0.6) is 0 Å². The monoisotopic (exact) mass is 234 g/mol. The maximum Gasteiger partial charge on any atom is 0.127 e. The number of pyridine rings is 1. The number of aldehydes is 1. The smallest absolute Gasteiger partial charge is 0.127 e. The fourth-order valence-corrected chi connectivity index (χ4v) is 2.07. The molecule has 3 nitrogen and oxygen atoms in total. The maximum atomic E-state index is 11.2. The Morgan fingerprint density at radius 3 is 2.59 bits per heavy atom. The molecule has 0 spiro atoms. The van der Waals surface area contributed by atoms with Crippen molar-refractivity contribution in [1.82, 2.24) is 9.88 Å². The van der Waals surface area contributed by atoms with Crippen LogP contribution >= 0.6 is 0 Å². The van der Waals surface area contributed by atoms with Crippen molar-refractivity contribution < 1.29 is 4.79 Å². The molecule has 0 amide bonds. The lowest BCUT2D eigenvalue weighted by Gasteiger charge is -2.30. The Hall–Kier alpha value is -1.22. The van der Waals surface area contributed by atoms with Crippen molar-refractivity contribution in [2.45, 2.75) is 33.2 Å². The second-order valence-electron chi connectivity index (χ2n) is 4.72. The van der Waals surface area contributed by atoms with Gasteiger partial charge in [0.2, 0.25) is 0 Å². The molecule has 0 aliphatic rings. The highest BCUT2D eigenvalue weighted by atomic mass is 16.1. The number of hydrogen-bond donors (Lipinski definition) is 0. The predicted octanol–water partition coefficient (Wildman–Crippen LogP) is 2.52. The van der Waals surface area contributed by atoms with Gasteiger partial charge in [0.25, 0.3) is 0 Å². The first-order valence-corrected chi connectivity index (χ1v) is 6.19. The standard InChI is InChI=1S/C14H22N2O/c1-4-14(5-2,12-17)11-16(3)10-13-7-6-8-15-9-13/h6-9,12H,4-5,10-11H2,1-3H3. The van der Waals surface area contributed by atoms with Gasteiger partial charge in [0.1, 0.15) is 6.29 Å². The van der Waals surface area contributed by atoms with Gasteiger partial charge in [-0.1, -0.05) is 19.9 Å². The molecule has 0 unspecified atom stereocenters. The SMILES string of the molecule is CCC(C=O)(CC)CN(C)Cc1cccnc1. The summed E-state index contributed by atoms with van der Waals surface area (Å²) in [5, 5.41) is 0. The van der Waals surface area contributed by atoms with E-state index in [0.717, 1.165) is 32.2 Å².